The van der Waals surface area contributed by atoms with E-state index in [2.05, 4.69) is 9.97 Å². The van der Waals surface area contributed by atoms with Crippen LogP contribution in [0.3, 0.4) is 0 Å². The van der Waals surface area contributed by atoms with Crippen molar-refractivity contribution in [1.82, 2.24) is 9.97 Å². The average molecular weight is 225 g/mol. The standard InChI is InChI=1S/C8H7N3O3S/c1-2-5-9-6-4(11(13)14)3-15-7(6)8(12)10-5/h3H,2H2,1H3,(H,9,10,12). The third kappa shape index (κ3) is 1.50. The van der Waals surface area contributed by atoms with E-state index < -0.39 is 4.92 Å². The van der Waals surface area contributed by atoms with Gasteiger partial charge in [-0.25, -0.2) is 4.98 Å². The zero-order valence-electron chi connectivity index (χ0n) is 7.81. The summed E-state index contributed by atoms with van der Waals surface area (Å²) in [4.78, 5) is 28.2. The molecule has 0 aliphatic heterocycles. The summed E-state index contributed by atoms with van der Waals surface area (Å²) in [5.74, 6) is 0.467. The van der Waals surface area contributed by atoms with E-state index in [0.717, 1.165) is 11.3 Å². The normalized spacial score (nSPS) is 10.7. The predicted molar refractivity (Wildman–Crippen MR) is 56.3 cm³/mol. The molecule has 0 radical (unpaired) electrons. The van der Waals surface area contributed by atoms with Crippen LogP contribution in [-0.4, -0.2) is 14.9 Å². The minimum atomic E-state index is -0.523. The van der Waals surface area contributed by atoms with Crippen LogP contribution < -0.4 is 5.56 Å². The maximum absolute atomic E-state index is 11.5. The lowest BCUT2D eigenvalue weighted by atomic mass is 10.4. The summed E-state index contributed by atoms with van der Waals surface area (Å²) in [6, 6.07) is 0. The number of hydrogen-bond acceptors (Lipinski definition) is 5. The van der Waals surface area contributed by atoms with Gasteiger partial charge >= 0.3 is 5.69 Å². The number of thiophene rings is 1. The zero-order valence-corrected chi connectivity index (χ0v) is 8.63. The minimum Gasteiger partial charge on any atom is -0.309 e. The Balaban J connectivity index is 2.84. The number of H-pyrrole nitrogens is 1. The first-order valence-corrected chi connectivity index (χ1v) is 5.16. The Morgan fingerprint density at radius 1 is 1.67 bits per heavy atom. The van der Waals surface area contributed by atoms with Crippen LogP contribution in [0.4, 0.5) is 5.69 Å². The first-order valence-electron chi connectivity index (χ1n) is 4.28. The lowest BCUT2D eigenvalue weighted by Crippen LogP contribution is -2.09. The molecular formula is C8H7N3O3S. The molecule has 7 heteroatoms. The number of rotatable bonds is 2. The van der Waals surface area contributed by atoms with Gasteiger partial charge in [0.2, 0.25) is 0 Å². The van der Waals surface area contributed by atoms with Gasteiger partial charge in [-0.05, 0) is 0 Å². The monoisotopic (exact) mass is 225 g/mol. The molecule has 0 spiro atoms. The van der Waals surface area contributed by atoms with Crippen molar-refractivity contribution in [3.05, 3.63) is 31.7 Å². The van der Waals surface area contributed by atoms with Crippen LogP contribution in [0.5, 0.6) is 0 Å². The molecule has 2 rings (SSSR count). The molecule has 0 amide bonds. The van der Waals surface area contributed by atoms with Crippen LogP contribution in [0, 0.1) is 10.1 Å². The molecule has 0 atom stereocenters. The van der Waals surface area contributed by atoms with Crippen molar-refractivity contribution in [1.29, 1.82) is 0 Å². The summed E-state index contributed by atoms with van der Waals surface area (Å²) in [5.41, 5.74) is -0.226. The van der Waals surface area contributed by atoms with Gasteiger partial charge in [0.25, 0.3) is 5.56 Å². The van der Waals surface area contributed by atoms with Gasteiger partial charge in [0.1, 0.15) is 10.5 Å². The Morgan fingerprint density at radius 3 is 3.00 bits per heavy atom. The number of fused-ring (bicyclic) bond motifs is 1. The summed E-state index contributed by atoms with van der Waals surface area (Å²) in [6.07, 6.45) is 0.540. The fraction of sp³-hybridized carbons (Fsp3) is 0.250. The second-order valence-corrected chi connectivity index (χ2v) is 3.80. The lowest BCUT2D eigenvalue weighted by Gasteiger charge is -1.95. The third-order valence-electron chi connectivity index (χ3n) is 1.99. The molecule has 0 aromatic carbocycles. The first-order chi connectivity index (χ1) is 7.13. The molecule has 2 aromatic rings. The number of nitrogens with one attached hydrogen (secondary N) is 1. The van der Waals surface area contributed by atoms with E-state index >= 15 is 0 Å². The molecule has 2 aromatic heterocycles. The number of aromatic nitrogens is 2. The lowest BCUT2D eigenvalue weighted by molar-refractivity contribution is -0.382. The Bertz CT molecular complexity index is 586. The van der Waals surface area contributed by atoms with Crippen molar-refractivity contribution < 1.29 is 4.92 Å². The van der Waals surface area contributed by atoms with Crippen LogP contribution in [0.1, 0.15) is 12.7 Å². The molecule has 1 N–H and O–H groups in total. The fourth-order valence-corrected chi connectivity index (χ4v) is 2.11. The summed E-state index contributed by atoms with van der Waals surface area (Å²) < 4.78 is 0.305. The van der Waals surface area contributed by atoms with Gasteiger partial charge in [0, 0.05) is 6.42 Å². The van der Waals surface area contributed by atoms with Crippen LogP contribution in [-0.2, 0) is 6.42 Å². The smallest absolute Gasteiger partial charge is 0.306 e. The van der Waals surface area contributed by atoms with Gasteiger partial charge in [-0.15, -0.1) is 11.3 Å². The molecule has 2 heterocycles. The van der Waals surface area contributed by atoms with E-state index in [0.29, 0.717) is 16.9 Å². The number of nitro groups is 1. The van der Waals surface area contributed by atoms with Crippen molar-refractivity contribution in [2.75, 3.05) is 0 Å². The molecule has 0 saturated carbocycles. The van der Waals surface area contributed by atoms with Crippen molar-refractivity contribution in [3.63, 3.8) is 0 Å². The summed E-state index contributed by atoms with van der Waals surface area (Å²) in [6.45, 7) is 1.82. The van der Waals surface area contributed by atoms with Gasteiger partial charge in [-0.3, -0.25) is 14.9 Å². The SMILES string of the molecule is CCc1nc2c([N+](=O)[O-])csc2c(=O)[nH]1. The second-order valence-electron chi connectivity index (χ2n) is 2.92. The Labute approximate surface area is 87.7 Å². The maximum atomic E-state index is 11.5. The van der Waals surface area contributed by atoms with Crippen molar-refractivity contribution in [2.24, 2.45) is 0 Å². The summed E-state index contributed by atoms with van der Waals surface area (Å²) >= 11 is 1.04. The number of hydrogen-bond donors (Lipinski definition) is 1. The van der Waals surface area contributed by atoms with Crippen LogP contribution >= 0.6 is 11.3 Å². The van der Waals surface area contributed by atoms with Crippen molar-refractivity contribution in [2.45, 2.75) is 13.3 Å². The van der Waals surface area contributed by atoms with Gasteiger partial charge < -0.3 is 4.98 Å². The minimum absolute atomic E-state index is 0.101. The molecule has 0 aliphatic rings. The first kappa shape index (κ1) is 9.78. The van der Waals surface area contributed by atoms with E-state index in [9.17, 15) is 14.9 Å². The maximum Gasteiger partial charge on any atom is 0.306 e. The average Bonchev–Trinajstić information content (AvgIpc) is 2.61. The molecule has 0 fully saturated rings. The van der Waals surface area contributed by atoms with Crippen molar-refractivity contribution >= 4 is 27.2 Å². The quantitative estimate of drug-likeness (QED) is 0.618. The topological polar surface area (TPSA) is 88.9 Å². The predicted octanol–water partition coefficient (Wildman–Crippen LogP) is 1.46. The number of aromatic amines is 1. The molecule has 0 unspecified atom stereocenters. The molecule has 0 saturated heterocycles. The molecule has 0 bridgehead atoms. The Hall–Kier alpha value is -1.76. The van der Waals surface area contributed by atoms with Gasteiger partial charge in [0.05, 0.1) is 10.3 Å². The van der Waals surface area contributed by atoms with Crippen LogP contribution in [0.25, 0.3) is 10.2 Å². The molecule has 6 nitrogen and oxygen atoms in total. The fourth-order valence-electron chi connectivity index (χ4n) is 1.26. The Kier molecular flexibility index (Phi) is 2.24. The third-order valence-corrected chi connectivity index (χ3v) is 2.94. The highest BCUT2D eigenvalue weighted by atomic mass is 32.1. The van der Waals surface area contributed by atoms with Gasteiger partial charge in [-0.2, -0.15) is 0 Å². The summed E-state index contributed by atoms with van der Waals surface area (Å²) in [5, 5.41) is 12.0. The van der Waals surface area contributed by atoms with Crippen LogP contribution in [0.15, 0.2) is 10.2 Å². The largest absolute Gasteiger partial charge is 0.309 e. The van der Waals surface area contributed by atoms with E-state index in [1.807, 2.05) is 6.92 Å². The summed E-state index contributed by atoms with van der Waals surface area (Å²) in [7, 11) is 0. The van der Waals surface area contributed by atoms with E-state index in [-0.39, 0.29) is 16.8 Å². The molecular weight excluding hydrogens is 218 g/mol. The van der Waals surface area contributed by atoms with Gasteiger partial charge in [-0.1, -0.05) is 6.92 Å². The number of aryl methyl sites for hydroxylation is 1. The highest BCUT2D eigenvalue weighted by Gasteiger charge is 2.18. The highest BCUT2D eigenvalue weighted by Crippen LogP contribution is 2.27. The van der Waals surface area contributed by atoms with Crippen LogP contribution in [0.2, 0.25) is 0 Å². The van der Waals surface area contributed by atoms with E-state index in [1.54, 1.807) is 0 Å². The van der Waals surface area contributed by atoms with E-state index in [4.69, 9.17) is 0 Å². The molecule has 15 heavy (non-hydrogen) atoms. The zero-order chi connectivity index (χ0) is 11.0. The van der Waals surface area contributed by atoms with Gasteiger partial charge in [0.15, 0.2) is 5.52 Å². The Morgan fingerprint density at radius 2 is 2.40 bits per heavy atom. The molecule has 0 aliphatic carbocycles. The van der Waals surface area contributed by atoms with E-state index in [1.165, 1.54) is 5.38 Å². The second kappa shape index (κ2) is 3.43. The number of nitrogens with zero attached hydrogens (tertiary/aromatic N) is 2. The van der Waals surface area contributed by atoms with Crippen molar-refractivity contribution in [3.8, 4) is 0 Å². The molecule has 78 valence electrons. The highest BCUT2D eigenvalue weighted by molar-refractivity contribution is 7.17.